The van der Waals surface area contributed by atoms with Gasteiger partial charge in [-0.25, -0.2) is 0 Å². The highest BCUT2D eigenvalue weighted by atomic mass is 19.4. The van der Waals surface area contributed by atoms with Crippen LogP contribution in [0.2, 0.25) is 0 Å². The molecule has 32 heavy (non-hydrogen) atoms. The molecule has 1 N–H and O–H groups in total. The predicted octanol–water partition coefficient (Wildman–Crippen LogP) is 4.52. The average Bonchev–Trinajstić information content (AvgIpc) is 2.72. The molecule has 0 spiro atoms. The molecule has 1 unspecified atom stereocenters. The molecule has 0 heterocycles. The lowest BCUT2D eigenvalue weighted by Gasteiger charge is -2.17. The molecule has 0 radical (unpaired) electrons. The smallest absolute Gasteiger partial charge is 0.418 e. The Morgan fingerprint density at radius 1 is 1.19 bits per heavy atom. The number of carbonyl (C=O) groups excluding carboxylic acids is 2. The summed E-state index contributed by atoms with van der Waals surface area (Å²) < 4.78 is 50.2. The van der Waals surface area contributed by atoms with Crippen molar-refractivity contribution < 1.29 is 37.2 Å². The van der Waals surface area contributed by atoms with Gasteiger partial charge < -0.3 is 14.8 Å². The van der Waals surface area contributed by atoms with Crippen LogP contribution in [0.15, 0.2) is 42.5 Å². The fourth-order valence-corrected chi connectivity index (χ4v) is 2.78. The number of alkyl halides is 3. The summed E-state index contributed by atoms with van der Waals surface area (Å²) in [4.78, 5) is 34.1. The largest absolute Gasteiger partial charge is 0.494 e. The highest BCUT2D eigenvalue weighted by molar-refractivity contribution is 5.96. The van der Waals surface area contributed by atoms with Crippen LogP contribution in [0.3, 0.4) is 0 Å². The minimum atomic E-state index is -4.94. The quantitative estimate of drug-likeness (QED) is 0.339. The van der Waals surface area contributed by atoms with Crippen molar-refractivity contribution in [2.24, 2.45) is 0 Å². The number of amides is 1. The lowest BCUT2D eigenvalue weighted by Crippen LogP contribution is -2.31. The molecule has 0 aromatic heterocycles. The average molecular weight is 454 g/mol. The van der Waals surface area contributed by atoms with Gasteiger partial charge in [-0.3, -0.25) is 19.7 Å². The summed E-state index contributed by atoms with van der Waals surface area (Å²) in [6.45, 7) is 3.47. The second-order valence-electron chi connectivity index (χ2n) is 6.65. The van der Waals surface area contributed by atoms with Gasteiger partial charge in [-0.2, -0.15) is 13.2 Å². The summed E-state index contributed by atoms with van der Waals surface area (Å²) in [7, 11) is 0. The van der Waals surface area contributed by atoms with Gasteiger partial charge in [0.1, 0.15) is 5.75 Å². The maximum atomic E-state index is 13.2. The highest BCUT2D eigenvalue weighted by Crippen LogP contribution is 2.37. The third-order valence-corrected chi connectivity index (χ3v) is 4.33. The SMILES string of the molecule is CCOc1ccccc1CCC(=O)OC(C)C(=O)Nc1ccc([N+](=O)[O-])cc1C(F)(F)F. The molecule has 172 valence electrons. The van der Waals surface area contributed by atoms with Crippen molar-refractivity contribution in [3.8, 4) is 5.75 Å². The number of aryl methyl sites for hydroxylation is 1. The molecule has 1 amide bonds. The molecule has 2 aromatic rings. The van der Waals surface area contributed by atoms with Crippen molar-refractivity contribution in [3.63, 3.8) is 0 Å². The Hall–Kier alpha value is -3.63. The minimum Gasteiger partial charge on any atom is -0.494 e. The van der Waals surface area contributed by atoms with Gasteiger partial charge in [0.25, 0.3) is 11.6 Å². The zero-order valence-corrected chi connectivity index (χ0v) is 17.3. The van der Waals surface area contributed by atoms with E-state index in [9.17, 15) is 32.9 Å². The number of nitro groups is 1. The number of nitrogens with one attached hydrogen (secondary N) is 1. The van der Waals surface area contributed by atoms with Crippen LogP contribution in [-0.4, -0.2) is 29.5 Å². The first-order chi connectivity index (χ1) is 15.0. The van der Waals surface area contributed by atoms with Crippen LogP contribution in [0.1, 0.15) is 31.4 Å². The fraction of sp³-hybridized carbons (Fsp3) is 0.333. The van der Waals surface area contributed by atoms with Gasteiger partial charge in [0, 0.05) is 18.6 Å². The van der Waals surface area contributed by atoms with Crippen molar-refractivity contribution in [2.75, 3.05) is 11.9 Å². The van der Waals surface area contributed by atoms with Gasteiger partial charge >= 0.3 is 12.1 Å². The summed E-state index contributed by atoms with van der Waals surface area (Å²) in [5.41, 5.74) is -2.07. The molecule has 1 atom stereocenters. The number of para-hydroxylation sites is 1. The predicted molar refractivity (Wildman–Crippen MR) is 108 cm³/mol. The van der Waals surface area contributed by atoms with Crippen LogP contribution in [0.4, 0.5) is 24.5 Å². The molecule has 0 aliphatic heterocycles. The van der Waals surface area contributed by atoms with Crippen LogP contribution in [0, 0.1) is 10.1 Å². The molecule has 0 fully saturated rings. The summed E-state index contributed by atoms with van der Waals surface area (Å²) in [5.74, 6) is -1.11. The van der Waals surface area contributed by atoms with E-state index in [1.54, 1.807) is 24.3 Å². The number of hydrogen-bond donors (Lipinski definition) is 1. The third kappa shape index (κ3) is 6.69. The van der Waals surface area contributed by atoms with E-state index in [1.165, 1.54) is 6.92 Å². The number of anilines is 1. The lowest BCUT2D eigenvalue weighted by atomic mass is 10.1. The lowest BCUT2D eigenvalue weighted by molar-refractivity contribution is -0.385. The van der Waals surface area contributed by atoms with Gasteiger partial charge in [-0.15, -0.1) is 0 Å². The van der Waals surface area contributed by atoms with E-state index in [1.807, 2.05) is 12.2 Å². The molecular formula is C21H21F3N2O6. The number of rotatable bonds is 9. The topological polar surface area (TPSA) is 108 Å². The number of halogens is 3. The fourth-order valence-electron chi connectivity index (χ4n) is 2.78. The zero-order chi connectivity index (χ0) is 23.9. The monoisotopic (exact) mass is 454 g/mol. The second-order valence-corrected chi connectivity index (χ2v) is 6.65. The van der Waals surface area contributed by atoms with Crippen LogP contribution < -0.4 is 10.1 Å². The van der Waals surface area contributed by atoms with Crippen molar-refractivity contribution in [1.29, 1.82) is 0 Å². The van der Waals surface area contributed by atoms with Gasteiger partial charge in [0.15, 0.2) is 6.10 Å². The molecule has 0 aliphatic carbocycles. The number of ether oxygens (including phenoxy) is 2. The normalized spacial score (nSPS) is 12.0. The number of hydrogen-bond acceptors (Lipinski definition) is 6. The summed E-state index contributed by atoms with van der Waals surface area (Å²) in [5, 5.41) is 12.8. The molecule has 0 saturated heterocycles. The van der Waals surface area contributed by atoms with Gasteiger partial charge in [-0.05, 0) is 38.0 Å². The molecule has 0 saturated carbocycles. The first-order valence-electron chi connectivity index (χ1n) is 9.59. The summed E-state index contributed by atoms with van der Waals surface area (Å²) in [6, 6.07) is 9.02. The molecule has 0 bridgehead atoms. The van der Waals surface area contributed by atoms with E-state index in [2.05, 4.69) is 0 Å². The second kappa shape index (κ2) is 10.6. The maximum Gasteiger partial charge on any atom is 0.418 e. The Balaban J connectivity index is 2.01. The number of non-ortho nitro benzene ring substituents is 1. The first-order valence-corrected chi connectivity index (χ1v) is 9.59. The minimum absolute atomic E-state index is 0.0763. The summed E-state index contributed by atoms with van der Waals surface area (Å²) in [6.07, 6.45) is -6.12. The van der Waals surface area contributed by atoms with Crippen LogP contribution in [-0.2, 0) is 26.9 Å². The number of nitrogens with zero attached hydrogens (tertiary/aromatic N) is 1. The Kier molecular flexibility index (Phi) is 8.16. The maximum absolute atomic E-state index is 13.2. The Bertz CT molecular complexity index is 994. The van der Waals surface area contributed by atoms with Crippen LogP contribution >= 0.6 is 0 Å². The Morgan fingerprint density at radius 2 is 1.88 bits per heavy atom. The van der Waals surface area contributed by atoms with E-state index < -0.39 is 46.0 Å². The van der Waals surface area contributed by atoms with E-state index in [0.29, 0.717) is 18.4 Å². The first kappa shape index (κ1) is 24.6. The standard InChI is InChI=1S/C21H21F3N2O6/c1-3-31-18-7-5-4-6-14(18)8-11-19(27)32-13(2)20(28)25-17-10-9-15(26(29)30)12-16(17)21(22,23)24/h4-7,9-10,12-13H,3,8,11H2,1-2H3,(H,25,28). The van der Waals surface area contributed by atoms with Gasteiger partial charge in [-0.1, -0.05) is 18.2 Å². The molecule has 11 heteroatoms. The molecule has 2 rings (SSSR count). The van der Waals surface area contributed by atoms with Gasteiger partial charge in [0.2, 0.25) is 0 Å². The van der Waals surface area contributed by atoms with Crippen molar-refractivity contribution in [2.45, 2.75) is 39.0 Å². The number of nitro benzene ring substituents is 1. The van der Waals surface area contributed by atoms with Crippen molar-refractivity contribution in [3.05, 3.63) is 63.7 Å². The zero-order valence-electron chi connectivity index (χ0n) is 17.3. The number of carbonyl (C=O) groups is 2. The number of benzene rings is 2. The van der Waals surface area contributed by atoms with Crippen LogP contribution in [0.25, 0.3) is 0 Å². The number of esters is 1. The Morgan fingerprint density at radius 3 is 2.50 bits per heavy atom. The van der Waals surface area contributed by atoms with Crippen LogP contribution in [0.5, 0.6) is 5.75 Å². The molecule has 8 nitrogen and oxygen atoms in total. The van der Waals surface area contributed by atoms with Gasteiger partial charge in [0.05, 0.1) is 22.8 Å². The summed E-state index contributed by atoms with van der Waals surface area (Å²) >= 11 is 0. The van der Waals surface area contributed by atoms with E-state index >= 15 is 0 Å². The molecule has 2 aromatic carbocycles. The van der Waals surface area contributed by atoms with E-state index in [0.717, 1.165) is 17.7 Å². The van der Waals surface area contributed by atoms with E-state index in [4.69, 9.17) is 9.47 Å². The van der Waals surface area contributed by atoms with Crippen molar-refractivity contribution >= 4 is 23.3 Å². The molecule has 0 aliphatic rings. The van der Waals surface area contributed by atoms with E-state index in [-0.39, 0.29) is 12.8 Å². The Labute approximate surface area is 181 Å². The third-order valence-electron chi connectivity index (χ3n) is 4.33. The molecular weight excluding hydrogens is 433 g/mol. The highest BCUT2D eigenvalue weighted by Gasteiger charge is 2.36. The van der Waals surface area contributed by atoms with Crippen molar-refractivity contribution in [1.82, 2.24) is 0 Å².